The Kier molecular flexibility index (Phi) is 4.54. The molecule has 1 fully saturated rings. The van der Waals surface area contributed by atoms with Crippen LogP contribution in [0, 0.1) is 0 Å². The molecule has 150 valence electrons. The Balaban J connectivity index is 1.79. The Hall–Kier alpha value is -3.33. The minimum absolute atomic E-state index is 0.0620. The van der Waals surface area contributed by atoms with E-state index in [4.69, 9.17) is 10.5 Å². The first-order valence-corrected chi connectivity index (χ1v) is 8.80. The van der Waals surface area contributed by atoms with Crippen LogP contribution in [0.3, 0.4) is 0 Å². The number of fused-ring (bicyclic) bond motifs is 1. The number of nitrogens with two attached hydrogens (primary N) is 1. The second-order valence-corrected chi connectivity index (χ2v) is 6.68. The van der Waals surface area contributed by atoms with Gasteiger partial charge in [-0.2, -0.15) is 13.2 Å². The van der Waals surface area contributed by atoms with E-state index in [1.54, 1.807) is 12.1 Å². The largest absolute Gasteiger partial charge is 0.443 e. The maximum absolute atomic E-state index is 13.3. The number of amides is 1. The predicted molar refractivity (Wildman–Crippen MR) is 102 cm³/mol. The Morgan fingerprint density at radius 1 is 1.14 bits per heavy atom. The normalized spacial score (nSPS) is 17.0. The molecule has 0 unspecified atom stereocenters. The molecule has 0 bridgehead atoms. The van der Waals surface area contributed by atoms with Crippen LogP contribution in [0.2, 0.25) is 0 Å². The molecule has 3 N–H and O–H groups in total. The standard InChI is InChI=1S/C20H16F3N3O3/c21-20(22,23)16-4-2-1-3-14(16)17-7-11-5-6-12(8-15(11)18(27)25-17)26-10-13(9-24)29-19(26)28/h1-8,13H,9-10,24H2,(H,25,27)/t13-/m1/s1. The molecule has 1 aliphatic heterocycles. The number of aromatic nitrogens is 1. The molecule has 2 aromatic carbocycles. The molecule has 0 saturated carbocycles. The summed E-state index contributed by atoms with van der Waals surface area (Å²) in [5.74, 6) is 0. The second-order valence-electron chi connectivity index (χ2n) is 6.68. The van der Waals surface area contributed by atoms with Crippen molar-refractivity contribution in [3.63, 3.8) is 0 Å². The number of H-pyrrole nitrogens is 1. The van der Waals surface area contributed by atoms with E-state index in [0.717, 1.165) is 6.07 Å². The number of halogens is 3. The van der Waals surface area contributed by atoms with Crippen molar-refractivity contribution in [3.8, 4) is 11.3 Å². The molecule has 1 amide bonds. The van der Waals surface area contributed by atoms with Crippen LogP contribution in [-0.4, -0.2) is 30.3 Å². The van der Waals surface area contributed by atoms with E-state index in [0.29, 0.717) is 11.1 Å². The first-order chi connectivity index (χ1) is 13.8. The van der Waals surface area contributed by atoms with Gasteiger partial charge in [-0.3, -0.25) is 9.69 Å². The zero-order chi connectivity index (χ0) is 20.8. The van der Waals surface area contributed by atoms with Gasteiger partial charge < -0.3 is 15.5 Å². The second kappa shape index (κ2) is 6.93. The first-order valence-electron chi connectivity index (χ1n) is 8.80. The number of aromatic amines is 1. The summed E-state index contributed by atoms with van der Waals surface area (Å²) in [5.41, 5.74) is 4.54. The number of nitrogens with one attached hydrogen (secondary N) is 1. The lowest BCUT2D eigenvalue weighted by molar-refractivity contribution is -0.137. The number of hydrogen-bond acceptors (Lipinski definition) is 4. The lowest BCUT2D eigenvalue weighted by atomic mass is 10.0. The van der Waals surface area contributed by atoms with E-state index in [2.05, 4.69) is 4.98 Å². The topological polar surface area (TPSA) is 88.4 Å². The van der Waals surface area contributed by atoms with Gasteiger partial charge in [0.15, 0.2) is 0 Å². The van der Waals surface area contributed by atoms with Crippen LogP contribution in [0.25, 0.3) is 22.0 Å². The van der Waals surface area contributed by atoms with Crippen LogP contribution in [0.4, 0.5) is 23.7 Å². The summed E-state index contributed by atoms with van der Waals surface area (Å²) in [7, 11) is 0. The first kappa shape index (κ1) is 19.0. The summed E-state index contributed by atoms with van der Waals surface area (Å²) >= 11 is 0. The number of cyclic esters (lactones) is 1. The molecule has 2 heterocycles. The van der Waals surface area contributed by atoms with Crippen molar-refractivity contribution in [2.24, 2.45) is 5.73 Å². The molecular formula is C20H16F3N3O3. The molecule has 1 aliphatic rings. The lowest BCUT2D eigenvalue weighted by Gasteiger charge is -2.15. The van der Waals surface area contributed by atoms with Gasteiger partial charge in [0.2, 0.25) is 0 Å². The third kappa shape index (κ3) is 3.44. The number of benzene rings is 2. The molecule has 6 nitrogen and oxygen atoms in total. The average molecular weight is 403 g/mol. The molecule has 3 aromatic rings. The third-order valence-electron chi connectivity index (χ3n) is 4.80. The SMILES string of the molecule is NC[C@@H]1CN(c2ccc3cc(-c4ccccc4C(F)(F)F)[nH]c(=O)c3c2)C(=O)O1. The van der Waals surface area contributed by atoms with Crippen LogP contribution >= 0.6 is 0 Å². The number of carbonyl (C=O) groups excluding carboxylic acids is 1. The van der Waals surface area contributed by atoms with Crippen molar-refractivity contribution in [3.05, 3.63) is 64.4 Å². The molecule has 0 aliphatic carbocycles. The molecule has 0 radical (unpaired) electrons. The maximum atomic E-state index is 13.3. The van der Waals surface area contributed by atoms with Crippen molar-refractivity contribution >= 4 is 22.6 Å². The fraction of sp³-hybridized carbons (Fsp3) is 0.200. The fourth-order valence-electron chi connectivity index (χ4n) is 3.38. The van der Waals surface area contributed by atoms with E-state index >= 15 is 0 Å². The number of anilines is 1. The highest BCUT2D eigenvalue weighted by Gasteiger charge is 2.34. The summed E-state index contributed by atoms with van der Waals surface area (Å²) in [5, 5.41) is 0.701. The van der Waals surface area contributed by atoms with Crippen molar-refractivity contribution < 1.29 is 22.7 Å². The third-order valence-corrected chi connectivity index (χ3v) is 4.80. The van der Waals surface area contributed by atoms with Gasteiger partial charge in [0.25, 0.3) is 5.56 Å². The van der Waals surface area contributed by atoms with Gasteiger partial charge in [-0.25, -0.2) is 4.79 Å². The fourth-order valence-corrected chi connectivity index (χ4v) is 3.38. The van der Waals surface area contributed by atoms with Crippen molar-refractivity contribution in [1.29, 1.82) is 0 Å². The van der Waals surface area contributed by atoms with Crippen molar-refractivity contribution in [2.45, 2.75) is 12.3 Å². The minimum Gasteiger partial charge on any atom is -0.443 e. The minimum atomic E-state index is -4.55. The van der Waals surface area contributed by atoms with Gasteiger partial charge >= 0.3 is 12.3 Å². The van der Waals surface area contributed by atoms with Crippen LogP contribution in [0.15, 0.2) is 53.3 Å². The lowest BCUT2D eigenvalue weighted by Crippen LogP contribution is -2.27. The predicted octanol–water partition coefficient (Wildman–Crippen LogP) is 3.50. The Morgan fingerprint density at radius 2 is 1.90 bits per heavy atom. The number of carbonyl (C=O) groups is 1. The highest BCUT2D eigenvalue weighted by molar-refractivity contribution is 5.94. The van der Waals surface area contributed by atoms with Crippen LogP contribution < -0.4 is 16.2 Å². The number of nitrogens with zero attached hydrogens (tertiary/aromatic N) is 1. The molecule has 29 heavy (non-hydrogen) atoms. The Labute approximate surface area is 162 Å². The van der Waals surface area contributed by atoms with Gasteiger partial charge in [-0.1, -0.05) is 24.3 Å². The van der Waals surface area contributed by atoms with E-state index in [9.17, 15) is 22.8 Å². The van der Waals surface area contributed by atoms with Crippen LogP contribution in [0.5, 0.6) is 0 Å². The van der Waals surface area contributed by atoms with Crippen molar-refractivity contribution in [1.82, 2.24) is 4.98 Å². The molecule has 0 spiro atoms. The summed E-state index contributed by atoms with van der Waals surface area (Å²) in [4.78, 5) is 28.5. The molecule has 4 rings (SSSR count). The van der Waals surface area contributed by atoms with E-state index in [-0.39, 0.29) is 29.7 Å². The van der Waals surface area contributed by atoms with Crippen molar-refractivity contribution in [2.75, 3.05) is 18.0 Å². The highest BCUT2D eigenvalue weighted by atomic mass is 19.4. The summed E-state index contributed by atoms with van der Waals surface area (Å²) < 4.78 is 45.1. The van der Waals surface area contributed by atoms with Gasteiger partial charge in [0.1, 0.15) is 6.10 Å². The van der Waals surface area contributed by atoms with Gasteiger partial charge in [0.05, 0.1) is 12.1 Å². The number of ether oxygens (including phenoxy) is 1. The maximum Gasteiger partial charge on any atom is 0.417 e. The van der Waals surface area contributed by atoms with E-state index < -0.39 is 29.5 Å². The zero-order valence-electron chi connectivity index (χ0n) is 15.0. The monoisotopic (exact) mass is 403 g/mol. The number of alkyl halides is 3. The zero-order valence-corrected chi connectivity index (χ0v) is 15.0. The quantitative estimate of drug-likeness (QED) is 0.701. The summed E-state index contributed by atoms with van der Waals surface area (Å²) in [6.07, 6.45) is -5.55. The van der Waals surface area contributed by atoms with E-state index in [1.807, 2.05) is 0 Å². The molecule has 1 atom stereocenters. The van der Waals surface area contributed by atoms with Gasteiger partial charge in [-0.05, 0) is 29.7 Å². The van der Waals surface area contributed by atoms with Gasteiger partial charge in [0, 0.05) is 28.9 Å². The molecule has 1 saturated heterocycles. The number of hydrogen-bond donors (Lipinski definition) is 2. The highest BCUT2D eigenvalue weighted by Crippen LogP contribution is 2.36. The van der Waals surface area contributed by atoms with Gasteiger partial charge in [-0.15, -0.1) is 0 Å². The summed E-state index contributed by atoms with van der Waals surface area (Å²) in [6, 6.07) is 11.2. The van der Waals surface area contributed by atoms with E-state index in [1.165, 1.54) is 35.2 Å². The van der Waals surface area contributed by atoms with Crippen LogP contribution in [-0.2, 0) is 10.9 Å². The Morgan fingerprint density at radius 3 is 2.59 bits per heavy atom. The molecule has 1 aromatic heterocycles. The number of pyridine rings is 1. The average Bonchev–Trinajstić information content (AvgIpc) is 3.08. The molecular weight excluding hydrogens is 387 g/mol. The van der Waals surface area contributed by atoms with Crippen LogP contribution in [0.1, 0.15) is 5.56 Å². The summed E-state index contributed by atoms with van der Waals surface area (Å²) in [6.45, 7) is 0.439. The smallest absolute Gasteiger partial charge is 0.417 e. The number of rotatable bonds is 3. The Bertz CT molecular complexity index is 1160. The molecule has 9 heteroatoms.